The summed E-state index contributed by atoms with van der Waals surface area (Å²) in [4.78, 5) is 0. The molecule has 6 nitrogen and oxygen atoms in total. The average molecular weight is 304 g/mol. The SMILES string of the molecule is Cc1noc(C)c1COc1ccc(C2OCCCO2)cc1N. The summed E-state index contributed by atoms with van der Waals surface area (Å²) >= 11 is 0. The third kappa shape index (κ3) is 3.08. The quantitative estimate of drug-likeness (QED) is 0.875. The number of anilines is 1. The summed E-state index contributed by atoms with van der Waals surface area (Å²) in [5.41, 5.74) is 9.31. The van der Waals surface area contributed by atoms with E-state index >= 15 is 0 Å². The summed E-state index contributed by atoms with van der Waals surface area (Å²) in [5, 5.41) is 3.91. The molecule has 2 heterocycles. The summed E-state index contributed by atoms with van der Waals surface area (Å²) in [6.07, 6.45) is 0.581. The molecule has 22 heavy (non-hydrogen) atoms. The van der Waals surface area contributed by atoms with Gasteiger partial charge in [-0.15, -0.1) is 0 Å². The van der Waals surface area contributed by atoms with E-state index in [1.54, 1.807) is 0 Å². The highest BCUT2D eigenvalue weighted by Crippen LogP contribution is 2.30. The zero-order valence-electron chi connectivity index (χ0n) is 12.8. The van der Waals surface area contributed by atoms with Gasteiger partial charge in [0.2, 0.25) is 0 Å². The lowest BCUT2D eigenvalue weighted by Crippen LogP contribution is -2.17. The fourth-order valence-corrected chi connectivity index (χ4v) is 2.38. The number of nitrogen functional groups attached to an aromatic ring is 1. The van der Waals surface area contributed by atoms with Crippen molar-refractivity contribution in [3.63, 3.8) is 0 Å². The van der Waals surface area contributed by atoms with Gasteiger partial charge in [0.25, 0.3) is 0 Å². The lowest BCUT2D eigenvalue weighted by molar-refractivity contribution is -0.183. The molecular weight excluding hydrogens is 284 g/mol. The molecule has 0 unspecified atom stereocenters. The van der Waals surface area contributed by atoms with Crippen molar-refractivity contribution in [3.05, 3.63) is 40.8 Å². The molecule has 1 aliphatic rings. The lowest BCUT2D eigenvalue weighted by atomic mass is 10.1. The molecule has 2 aromatic rings. The largest absolute Gasteiger partial charge is 0.487 e. The van der Waals surface area contributed by atoms with E-state index in [1.165, 1.54) is 0 Å². The Hall–Kier alpha value is -2.05. The van der Waals surface area contributed by atoms with Crippen molar-refractivity contribution in [2.45, 2.75) is 33.2 Å². The molecule has 0 atom stereocenters. The summed E-state index contributed by atoms with van der Waals surface area (Å²) < 4.78 is 22.0. The van der Waals surface area contributed by atoms with Gasteiger partial charge in [-0.1, -0.05) is 11.2 Å². The third-order valence-corrected chi connectivity index (χ3v) is 3.69. The van der Waals surface area contributed by atoms with E-state index in [9.17, 15) is 0 Å². The van der Waals surface area contributed by atoms with Crippen LogP contribution < -0.4 is 10.5 Å². The van der Waals surface area contributed by atoms with Crippen LogP contribution in [-0.4, -0.2) is 18.4 Å². The molecule has 0 spiro atoms. The molecule has 1 saturated heterocycles. The van der Waals surface area contributed by atoms with Crippen molar-refractivity contribution in [3.8, 4) is 5.75 Å². The maximum atomic E-state index is 6.07. The molecule has 0 amide bonds. The van der Waals surface area contributed by atoms with Gasteiger partial charge >= 0.3 is 0 Å². The topological polar surface area (TPSA) is 79.7 Å². The molecule has 1 aromatic heterocycles. The molecule has 118 valence electrons. The number of hydrogen-bond donors (Lipinski definition) is 1. The van der Waals surface area contributed by atoms with Gasteiger partial charge in [-0.3, -0.25) is 0 Å². The number of benzene rings is 1. The van der Waals surface area contributed by atoms with Crippen LogP contribution >= 0.6 is 0 Å². The molecule has 0 radical (unpaired) electrons. The van der Waals surface area contributed by atoms with Crippen LogP contribution in [0, 0.1) is 13.8 Å². The van der Waals surface area contributed by atoms with Crippen molar-refractivity contribution < 1.29 is 18.7 Å². The van der Waals surface area contributed by atoms with Crippen LogP contribution in [0.3, 0.4) is 0 Å². The predicted molar refractivity (Wildman–Crippen MR) is 80.4 cm³/mol. The first-order valence-electron chi connectivity index (χ1n) is 7.32. The maximum Gasteiger partial charge on any atom is 0.183 e. The van der Waals surface area contributed by atoms with Gasteiger partial charge in [-0.2, -0.15) is 0 Å². The van der Waals surface area contributed by atoms with Crippen molar-refractivity contribution >= 4 is 5.69 Å². The first-order chi connectivity index (χ1) is 10.6. The Morgan fingerprint density at radius 2 is 2.05 bits per heavy atom. The number of aryl methyl sites for hydroxylation is 2. The maximum absolute atomic E-state index is 6.07. The van der Waals surface area contributed by atoms with Crippen molar-refractivity contribution in [1.29, 1.82) is 0 Å². The molecule has 0 saturated carbocycles. The third-order valence-electron chi connectivity index (χ3n) is 3.69. The number of aromatic nitrogens is 1. The summed E-state index contributed by atoms with van der Waals surface area (Å²) in [6, 6.07) is 5.58. The first kappa shape index (κ1) is 14.9. The minimum Gasteiger partial charge on any atom is -0.487 e. The standard InChI is InChI=1S/C16H20N2O4/c1-10-13(11(2)22-18-10)9-21-15-5-4-12(8-14(15)17)16-19-6-3-7-20-16/h4-5,8,16H,3,6-7,9,17H2,1-2H3. The van der Waals surface area contributed by atoms with Gasteiger partial charge in [0, 0.05) is 5.56 Å². The summed E-state index contributed by atoms with van der Waals surface area (Å²) in [6.45, 7) is 5.53. The summed E-state index contributed by atoms with van der Waals surface area (Å²) in [7, 11) is 0. The van der Waals surface area contributed by atoms with Crippen LogP contribution in [0.2, 0.25) is 0 Å². The fourth-order valence-electron chi connectivity index (χ4n) is 2.38. The fraction of sp³-hybridized carbons (Fsp3) is 0.438. The van der Waals surface area contributed by atoms with Crippen molar-refractivity contribution in [1.82, 2.24) is 5.16 Å². The van der Waals surface area contributed by atoms with Gasteiger partial charge in [0.15, 0.2) is 6.29 Å². The molecule has 1 aliphatic heterocycles. The summed E-state index contributed by atoms with van der Waals surface area (Å²) in [5.74, 6) is 1.39. The molecule has 2 N–H and O–H groups in total. The van der Waals surface area contributed by atoms with Gasteiger partial charge in [0.1, 0.15) is 18.1 Å². The van der Waals surface area contributed by atoms with E-state index < -0.39 is 0 Å². The van der Waals surface area contributed by atoms with Crippen LogP contribution in [0.25, 0.3) is 0 Å². The molecule has 6 heteroatoms. The minimum absolute atomic E-state index is 0.340. The highest BCUT2D eigenvalue weighted by molar-refractivity contribution is 5.54. The average Bonchev–Trinajstić information content (AvgIpc) is 2.86. The number of hydrogen-bond acceptors (Lipinski definition) is 6. The van der Waals surface area contributed by atoms with E-state index in [0.29, 0.717) is 31.3 Å². The van der Waals surface area contributed by atoms with E-state index in [1.807, 2.05) is 32.0 Å². The van der Waals surface area contributed by atoms with Crippen LogP contribution in [0.4, 0.5) is 5.69 Å². The Bertz CT molecular complexity index is 628. The van der Waals surface area contributed by atoms with E-state index in [2.05, 4.69) is 5.16 Å². The Morgan fingerprint density at radius 3 is 2.68 bits per heavy atom. The monoisotopic (exact) mass is 304 g/mol. The molecule has 1 fully saturated rings. The van der Waals surface area contributed by atoms with E-state index in [4.69, 9.17) is 24.5 Å². The molecule has 0 bridgehead atoms. The van der Waals surface area contributed by atoms with Crippen molar-refractivity contribution in [2.75, 3.05) is 18.9 Å². The van der Waals surface area contributed by atoms with Crippen LogP contribution in [0.1, 0.15) is 35.3 Å². The Morgan fingerprint density at radius 1 is 1.27 bits per heavy atom. The van der Waals surface area contributed by atoms with Crippen molar-refractivity contribution in [2.24, 2.45) is 0 Å². The van der Waals surface area contributed by atoms with Gasteiger partial charge in [0.05, 0.1) is 30.2 Å². The molecule has 1 aromatic carbocycles. The highest BCUT2D eigenvalue weighted by atomic mass is 16.7. The number of ether oxygens (including phenoxy) is 3. The Labute approximate surface area is 129 Å². The lowest BCUT2D eigenvalue weighted by Gasteiger charge is -2.24. The predicted octanol–water partition coefficient (Wildman–Crippen LogP) is 2.89. The van der Waals surface area contributed by atoms with Crippen LogP contribution in [0.5, 0.6) is 5.75 Å². The molecule has 3 rings (SSSR count). The normalized spacial score (nSPS) is 15.9. The second-order valence-electron chi connectivity index (χ2n) is 5.32. The zero-order chi connectivity index (χ0) is 15.5. The number of rotatable bonds is 4. The number of nitrogens with two attached hydrogens (primary N) is 1. The Kier molecular flexibility index (Phi) is 4.31. The molecule has 0 aliphatic carbocycles. The zero-order valence-corrected chi connectivity index (χ0v) is 12.8. The van der Waals surface area contributed by atoms with Gasteiger partial charge < -0.3 is 24.5 Å². The molecular formula is C16H20N2O4. The first-order valence-corrected chi connectivity index (χ1v) is 7.32. The van der Waals surface area contributed by atoms with Crippen LogP contribution in [0.15, 0.2) is 22.7 Å². The van der Waals surface area contributed by atoms with Crippen LogP contribution in [-0.2, 0) is 16.1 Å². The second kappa shape index (κ2) is 6.37. The van der Waals surface area contributed by atoms with E-state index in [0.717, 1.165) is 29.0 Å². The van der Waals surface area contributed by atoms with Gasteiger partial charge in [-0.25, -0.2) is 0 Å². The number of nitrogens with zero attached hydrogens (tertiary/aromatic N) is 1. The Balaban J connectivity index is 1.69. The minimum atomic E-state index is -0.340. The van der Waals surface area contributed by atoms with Gasteiger partial charge in [-0.05, 0) is 32.4 Å². The van der Waals surface area contributed by atoms with E-state index in [-0.39, 0.29) is 6.29 Å². The highest BCUT2D eigenvalue weighted by Gasteiger charge is 2.18. The smallest absolute Gasteiger partial charge is 0.183 e. The second-order valence-corrected chi connectivity index (χ2v) is 5.32.